The lowest BCUT2D eigenvalue weighted by Crippen LogP contribution is -1.99. The van der Waals surface area contributed by atoms with E-state index in [4.69, 9.17) is 14.3 Å². The minimum Gasteiger partial charge on any atom is -0.493 e. The molecule has 1 N–H and O–H groups in total. The van der Waals surface area contributed by atoms with Crippen LogP contribution in [0.2, 0.25) is 0 Å². The average molecular weight is 304 g/mol. The summed E-state index contributed by atoms with van der Waals surface area (Å²) in [5, 5.41) is 8.55. The van der Waals surface area contributed by atoms with Crippen molar-refractivity contribution in [3.8, 4) is 5.75 Å². The summed E-state index contributed by atoms with van der Waals surface area (Å²) in [6.07, 6.45) is 4.34. The van der Waals surface area contributed by atoms with E-state index in [0.717, 1.165) is 33.8 Å². The third-order valence-corrected chi connectivity index (χ3v) is 3.82. The van der Waals surface area contributed by atoms with Crippen molar-refractivity contribution in [2.75, 3.05) is 12.4 Å². The van der Waals surface area contributed by atoms with Gasteiger partial charge in [-0.05, 0) is 36.8 Å². The lowest BCUT2D eigenvalue weighted by Gasteiger charge is -2.06. The molecule has 0 fully saturated rings. The lowest BCUT2D eigenvalue weighted by atomic mass is 10.2. The number of carbonyl (C=O) groups is 1. The molecule has 4 nitrogen and oxygen atoms in total. The summed E-state index contributed by atoms with van der Waals surface area (Å²) < 4.78 is 10.9. The SMILES string of the molecule is Cc1occc1SCCOc1ccc(/C=C/C(=O)O)cc1. The second kappa shape index (κ2) is 7.59. The third-order valence-electron chi connectivity index (χ3n) is 2.72. The van der Waals surface area contributed by atoms with Crippen molar-refractivity contribution in [2.45, 2.75) is 11.8 Å². The second-order valence-electron chi connectivity index (χ2n) is 4.28. The highest BCUT2D eigenvalue weighted by molar-refractivity contribution is 7.99. The highest BCUT2D eigenvalue weighted by Gasteiger charge is 2.01. The summed E-state index contributed by atoms with van der Waals surface area (Å²) in [5.41, 5.74) is 0.827. The number of carboxylic acids is 1. The molecule has 0 aliphatic carbocycles. The first-order valence-corrected chi connectivity index (χ1v) is 7.44. The van der Waals surface area contributed by atoms with E-state index in [1.165, 1.54) is 0 Å². The van der Waals surface area contributed by atoms with Gasteiger partial charge in [0, 0.05) is 16.7 Å². The quantitative estimate of drug-likeness (QED) is 0.478. The molecule has 1 heterocycles. The van der Waals surface area contributed by atoms with Crippen LogP contribution in [0.1, 0.15) is 11.3 Å². The second-order valence-corrected chi connectivity index (χ2v) is 5.42. The fourth-order valence-electron chi connectivity index (χ4n) is 1.68. The van der Waals surface area contributed by atoms with E-state index < -0.39 is 5.97 Å². The molecule has 110 valence electrons. The van der Waals surface area contributed by atoms with Gasteiger partial charge in [0.15, 0.2) is 0 Å². The van der Waals surface area contributed by atoms with Gasteiger partial charge in [0.1, 0.15) is 11.5 Å². The number of aliphatic carboxylic acids is 1. The van der Waals surface area contributed by atoms with Crippen molar-refractivity contribution in [2.24, 2.45) is 0 Å². The van der Waals surface area contributed by atoms with Crippen LogP contribution in [0, 0.1) is 6.92 Å². The zero-order valence-electron chi connectivity index (χ0n) is 11.6. The van der Waals surface area contributed by atoms with E-state index in [2.05, 4.69) is 0 Å². The smallest absolute Gasteiger partial charge is 0.328 e. The van der Waals surface area contributed by atoms with Gasteiger partial charge < -0.3 is 14.3 Å². The van der Waals surface area contributed by atoms with Crippen molar-refractivity contribution >= 4 is 23.8 Å². The van der Waals surface area contributed by atoms with Gasteiger partial charge >= 0.3 is 5.97 Å². The number of rotatable bonds is 7. The summed E-state index contributed by atoms with van der Waals surface area (Å²) in [7, 11) is 0. The molecule has 0 unspecified atom stereocenters. The molecule has 2 rings (SSSR count). The number of hydrogen-bond acceptors (Lipinski definition) is 4. The van der Waals surface area contributed by atoms with Crippen molar-refractivity contribution in [3.63, 3.8) is 0 Å². The van der Waals surface area contributed by atoms with Gasteiger partial charge in [-0.1, -0.05) is 12.1 Å². The number of hydrogen-bond donors (Lipinski definition) is 1. The standard InChI is InChI=1S/C16H16O4S/c1-12-15(8-9-19-12)21-11-10-20-14-5-2-13(3-6-14)4-7-16(17)18/h2-9H,10-11H2,1H3,(H,17,18)/b7-4+. The lowest BCUT2D eigenvalue weighted by molar-refractivity contribution is -0.131. The minimum absolute atomic E-state index is 0.597. The molecule has 0 saturated carbocycles. The molecular formula is C16H16O4S. The van der Waals surface area contributed by atoms with E-state index in [1.54, 1.807) is 24.1 Å². The van der Waals surface area contributed by atoms with E-state index in [1.807, 2.05) is 37.3 Å². The molecule has 0 aliphatic heterocycles. The molecule has 0 saturated heterocycles. The predicted molar refractivity (Wildman–Crippen MR) is 82.8 cm³/mol. The third kappa shape index (κ3) is 5.04. The van der Waals surface area contributed by atoms with Crippen molar-refractivity contribution in [3.05, 3.63) is 54.0 Å². The van der Waals surface area contributed by atoms with Gasteiger partial charge in [-0.3, -0.25) is 0 Å². The Morgan fingerprint density at radius 3 is 2.71 bits per heavy atom. The predicted octanol–water partition coefficient (Wildman–Crippen LogP) is 3.86. The fraction of sp³-hybridized carbons (Fsp3) is 0.188. The van der Waals surface area contributed by atoms with Crippen LogP contribution in [-0.4, -0.2) is 23.4 Å². The van der Waals surface area contributed by atoms with Crippen LogP contribution in [0.3, 0.4) is 0 Å². The van der Waals surface area contributed by atoms with Crippen LogP contribution in [0.25, 0.3) is 6.08 Å². The Morgan fingerprint density at radius 2 is 2.10 bits per heavy atom. The van der Waals surface area contributed by atoms with E-state index >= 15 is 0 Å². The molecular weight excluding hydrogens is 288 g/mol. The highest BCUT2D eigenvalue weighted by atomic mass is 32.2. The topological polar surface area (TPSA) is 59.7 Å². The molecule has 1 aromatic heterocycles. The van der Waals surface area contributed by atoms with Gasteiger partial charge in [0.05, 0.1) is 12.9 Å². The Hall–Kier alpha value is -2.14. The molecule has 0 spiro atoms. The van der Waals surface area contributed by atoms with Crippen molar-refractivity contribution < 1.29 is 19.1 Å². The molecule has 0 atom stereocenters. The van der Waals surface area contributed by atoms with Gasteiger partial charge in [0.2, 0.25) is 0 Å². The number of carboxylic acid groups (broad SMARTS) is 1. The Bertz CT molecular complexity index is 613. The summed E-state index contributed by atoms with van der Waals surface area (Å²) in [6, 6.07) is 9.25. The zero-order valence-corrected chi connectivity index (χ0v) is 12.4. The normalized spacial score (nSPS) is 10.9. The molecule has 0 radical (unpaired) electrons. The summed E-state index contributed by atoms with van der Waals surface area (Å²) in [4.78, 5) is 11.5. The summed E-state index contributed by atoms with van der Waals surface area (Å²) in [6.45, 7) is 2.53. The first-order valence-electron chi connectivity index (χ1n) is 6.46. The highest BCUT2D eigenvalue weighted by Crippen LogP contribution is 2.23. The molecule has 2 aromatic rings. The largest absolute Gasteiger partial charge is 0.493 e. The number of aryl methyl sites for hydroxylation is 1. The van der Waals surface area contributed by atoms with Gasteiger partial charge in [-0.25, -0.2) is 4.79 Å². The van der Waals surface area contributed by atoms with Gasteiger partial charge in [-0.2, -0.15) is 0 Å². The molecule has 0 bridgehead atoms. The molecule has 0 aliphatic rings. The van der Waals surface area contributed by atoms with Crippen LogP contribution in [0.15, 0.2) is 52.0 Å². The number of ether oxygens (including phenoxy) is 1. The van der Waals surface area contributed by atoms with Gasteiger partial charge in [-0.15, -0.1) is 11.8 Å². The summed E-state index contributed by atoms with van der Waals surface area (Å²) in [5.74, 6) is 1.57. The first kappa shape index (κ1) is 15.3. The van der Waals surface area contributed by atoms with Crippen molar-refractivity contribution in [1.29, 1.82) is 0 Å². The van der Waals surface area contributed by atoms with Crippen LogP contribution >= 0.6 is 11.8 Å². The maximum Gasteiger partial charge on any atom is 0.328 e. The Balaban J connectivity index is 1.76. The fourth-order valence-corrected chi connectivity index (χ4v) is 2.47. The minimum atomic E-state index is -0.957. The molecule has 1 aromatic carbocycles. The Labute approximate surface area is 127 Å². The van der Waals surface area contributed by atoms with Crippen LogP contribution in [-0.2, 0) is 4.79 Å². The molecule has 21 heavy (non-hydrogen) atoms. The average Bonchev–Trinajstić information content (AvgIpc) is 2.88. The van der Waals surface area contributed by atoms with E-state index in [-0.39, 0.29) is 0 Å². The zero-order chi connectivity index (χ0) is 15.1. The monoisotopic (exact) mass is 304 g/mol. The Kier molecular flexibility index (Phi) is 5.51. The van der Waals surface area contributed by atoms with Crippen LogP contribution in [0.4, 0.5) is 0 Å². The number of thioether (sulfide) groups is 1. The molecule has 0 amide bonds. The Morgan fingerprint density at radius 1 is 1.33 bits per heavy atom. The maximum atomic E-state index is 10.4. The van der Waals surface area contributed by atoms with E-state index in [9.17, 15) is 4.79 Å². The van der Waals surface area contributed by atoms with Crippen LogP contribution in [0.5, 0.6) is 5.75 Å². The van der Waals surface area contributed by atoms with E-state index in [0.29, 0.717) is 6.61 Å². The number of furan rings is 1. The summed E-state index contributed by atoms with van der Waals surface area (Å²) >= 11 is 1.69. The number of benzene rings is 1. The van der Waals surface area contributed by atoms with Crippen molar-refractivity contribution in [1.82, 2.24) is 0 Å². The maximum absolute atomic E-state index is 10.4. The molecule has 5 heteroatoms. The van der Waals surface area contributed by atoms with Crippen LogP contribution < -0.4 is 4.74 Å². The first-order chi connectivity index (χ1) is 10.1. The van der Waals surface area contributed by atoms with Gasteiger partial charge in [0.25, 0.3) is 0 Å².